The molecule has 0 saturated carbocycles. The van der Waals surface area contributed by atoms with Crippen molar-refractivity contribution in [2.45, 2.75) is 46.3 Å². The number of pyridine rings is 1. The molecule has 1 heterocycles. The predicted octanol–water partition coefficient (Wildman–Crippen LogP) is 3.75. The van der Waals surface area contributed by atoms with Crippen molar-refractivity contribution >= 4 is 11.6 Å². The zero-order chi connectivity index (χ0) is 17.6. The van der Waals surface area contributed by atoms with Crippen molar-refractivity contribution in [3.8, 4) is 5.88 Å². The first-order chi connectivity index (χ1) is 11.4. The van der Waals surface area contributed by atoms with E-state index in [9.17, 15) is 0 Å². The topological polar surface area (TPSA) is 72.5 Å². The zero-order valence-electron chi connectivity index (χ0n) is 14.8. The average molecular weight is 326 g/mol. The van der Waals surface area contributed by atoms with E-state index in [0.29, 0.717) is 18.4 Å². The standard InChI is InChI=1S/C19H26N4O/c1-5-14-6-9-16(10-7-14)23-18(20)22-13-15-8-11-17(21-12-15)24-19(2,3)4/h6-12H,5,13H2,1-4H3,(H3,20,22,23). The Labute approximate surface area is 144 Å². The Morgan fingerprint density at radius 3 is 2.33 bits per heavy atom. The highest BCUT2D eigenvalue weighted by atomic mass is 16.5. The number of anilines is 1. The zero-order valence-corrected chi connectivity index (χ0v) is 14.8. The molecule has 2 aromatic rings. The number of hydrogen-bond acceptors (Lipinski definition) is 3. The Morgan fingerprint density at radius 1 is 1.12 bits per heavy atom. The molecule has 0 aliphatic rings. The van der Waals surface area contributed by atoms with Crippen LogP contribution in [-0.4, -0.2) is 16.5 Å². The molecule has 0 saturated heterocycles. The van der Waals surface area contributed by atoms with Crippen LogP contribution in [0.5, 0.6) is 5.88 Å². The minimum Gasteiger partial charge on any atom is -0.472 e. The summed E-state index contributed by atoms with van der Waals surface area (Å²) in [7, 11) is 0. The molecule has 1 aromatic heterocycles. The molecule has 0 atom stereocenters. The highest BCUT2D eigenvalue weighted by Crippen LogP contribution is 2.15. The van der Waals surface area contributed by atoms with Crippen molar-refractivity contribution in [1.29, 1.82) is 0 Å². The normalized spacial score (nSPS) is 12.1. The fourth-order valence-electron chi connectivity index (χ4n) is 2.07. The monoisotopic (exact) mass is 326 g/mol. The van der Waals surface area contributed by atoms with Gasteiger partial charge < -0.3 is 15.8 Å². The van der Waals surface area contributed by atoms with E-state index in [1.807, 2.05) is 45.0 Å². The van der Waals surface area contributed by atoms with E-state index in [4.69, 9.17) is 10.5 Å². The van der Waals surface area contributed by atoms with Gasteiger partial charge in [0.25, 0.3) is 0 Å². The van der Waals surface area contributed by atoms with Gasteiger partial charge >= 0.3 is 0 Å². The Hall–Kier alpha value is -2.56. The lowest BCUT2D eigenvalue weighted by Crippen LogP contribution is -2.23. The number of nitrogens with zero attached hydrogens (tertiary/aromatic N) is 2. The molecular weight excluding hydrogens is 300 g/mol. The molecule has 0 aliphatic heterocycles. The number of aliphatic imine (C=N–C) groups is 1. The molecule has 0 unspecified atom stereocenters. The summed E-state index contributed by atoms with van der Waals surface area (Å²) in [5.74, 6) is 0.992. The quantitative estimate of drug-likeness (QED) is 0.648. The van der Waals surface area contributed by atoms with Crippen LogP contribution in [0.2, 0.25) is 0 Å². The second-order valence-corrected chi connectivity index (χ2v) is 6.60. The number of hydrogen-bond donors (Lipinski definition) is 2. The van der Waals surface area contributed by atoms with Crippen molar-refractivity contribution < 1.29 is 4.74 Å². The predicted molar refractivity (Wildman–Crippen MR) is 99.4 cm³/mol. The van der Waals surface area contributed by atoms with Gasteiger partial charge in [0, 0.05) is 18.0 Å². The molecule has 3 N–H and O–H groups in total. The number of nitrogens with one attached hydrogen (secondary N) is 1. The summed E-state index contributed by atoms with van der Waals surface area (Å²) in [5, 5.41) is 3.09. The van der Waals surface area contributed by atoms with Gasteiger partial charge in [-0.2, -0.15) is 0 Å². The van der Waals surface area contributed by atoms with Gasteiger partial charge in [0.2, 0.25) is 5.88 Å². The van der Waals surface area contributed by atoms with Crippen LogP contribution in [-0.2, 0) is 13.0 Å². The van der Waals surface area contributed by atoms with Crippen LogP contribution in [0.25, 0.3) is 0 Å². The maximum atomic E-state index is 5.93. The number of rotatable bonds is 5. The minimum atomic E-state index is -0.256. The van der Waals surface area contributed by atoms with E-state index in [0.717, 1.165) is 17.7 Å². The van der Waals surface area contributed by atoms with E-state index >= 15 is 0 Å². The second-order valence-electron chi connectivity index (χ2n) is 6.60. The summed E-state index contributed by atoms with van der Waals surface area (Å²) in [6.45, 7) is 8.57. The van der Waals surface area contributed by atoms with Gasteiger partial charge in [-0.25, -0.2) is 9.98 Å². The number of nitrogens with two attached hydrogens (primary N) is 1. The van der Waals surface area contributed by atoms with Gasteiger partial charge in [0.15, 0.2) is 5.96 Å². The lowest BCUT2D eigenvalue weighted by Gasteiger charge is -2.20. The van der Waals surface area contributed by atoms with Crippen molar-refractivity contribution in [3.63, 3.8) is 0 Å². The molecule has 1 aromatic carbocycles. The Kier molecular flexibility index (Phi) is 5.79. The highest BCUT2D eigenvalue weighted by Gasteiger charge is 2.12. The first kappa shape index (κ1) is 17.8. The number of ether oxygens (including phenoxy) is 1. The molecule has 0 bridgehead atoms. The van der Waals surface area contributed by atoms with Crippen LogP contribution in [0.15, 0.2) is 47.6 Å². The SMILES string of the molecule is CCc1ccc(NC(N)=NCc2ccc(OC(C)(C)C)nc2)cc1. The molecule has 0 aliphatic carbocycles. The summed E-state index contributed by atoms with van der Waals surface area (Å²) in [6.07, 6.45) is 2.78. The lowest BCUT2D eigenvalue weighted by atomic mass is 10.1. The maximum Gasteiger partial charge on any atom is 0.213 e. The minimum absolute atomic E-state index is 0.256. The number of aryl methyl sites for hydroxylation is 1. The third-order valence-corrected chi connectivity index (χ3v) is 3.27. The molecule has 0 spiro atoms. The molecule has 0 fully saturated rings. The highest BCUT2D eigenvalue weighted by molar-refractivity contribution is 5.92. The van der Waals surface area contributed by atoms with Crippen LogP contribution in [0.3, 0.4) is 0 Å². The van der Waals surface area contributed by atoms with E-state index in [-0.39, 0.29) is 5.60 Å². The first-order valence-corrected chi connectivity index (χ1v) is 8.15. The fourth-order valence-corrected chi connectivity index (χ4v) is 2.07. The smallest absolute Gasteiger partial charge is 0.213 e. The third kappa shape index (κ3) is 5.91. The van der Waals surface area contributed by atoms with Crippen molar-refractivity contribution in [2.24, 2.45) is 10.7 Å². The number of aromatic nitrogens is 1. The van der Waals surface area contributed by atoms with Gasteiger partial charge in [0.1, 0.15) is 5.60 Å². The fraction of sp³-hybridized carbons (Fsp3) is 0.368. The largest absolute Gasteiger partial charge is 0.472 e. The van der Waals surface area contributed by atoms with E-state index < -0.39 is 0 Å². The summed E-state index contributed by atoms with van der Waals surface area (Å²) < 4.78 is 5.70. The van der Waals surface area contributed by atoms with Gasteiger partial charge in [-0.1, -0.05) is 25.1 Å². The summed E-state index contributed by atoms with van der Waals surface area (Å²) in [5.41, 5.74) is 8.87. The first-order valence-electron chi connectivity index (χ1n) is 8.15. The molecule has 0 radical (unpaired) electrons. The Balaban J connectivity index is 1.91. The Morgan fingerprint density at radius 2 is 1.79 bits per heavy atom. The maximum absolute atomic E-state index is 5.93. The van der Waals surface area contributed by atoms with Crippen LogP contribution in [0.4, 0.5) is 5.69 Å². The van der Waals surface area contributed by atoms with Crippen molar-refractivity contribution in [2.75, 3.05) is 5.32 Å². The molecular formula is C19H26N4O. The lowest BCUT2D eigenvalue weighted by molar-refractivity contribution is 0.124. The number of benzene rings is 1. The number of guanidine groups is 1. The molecule has 0 amide bonds. The molecule has 5 heteroatoms. The van der Waals surface area contributed by atoms with Gasteiger partial charge in [-0.3, -0.25) is 0 Å². The van der Waals surface area contributed by atoms with Crippen LogP contribution < -0.4 is 15.8 Å². The Bertz CT molecular complexity index is 670. The summed E-state index contributed by atoms with van der Waals surface area (Å²) >= 11 is 0. The van der Waals surface area contributed by atoms with Gasteiger partial charge in [0.05, 0.1) is 6.54 Å². The van der Waals surface area contributed by atoms with Crippen LogP contribution in [0.1, 0.15) is 38.8 Å². The summed E-state index contributed by atoms with van der Waals surface area (Å²) in [4.78, 5) is 8.63. The van der Waals surface area contributed by atoms with Crippen LogP contribution >= 0.6 is 0 Å². The van der Waals surface area contributed by atoms with Crippen molar-refractivity contribution in [1.82, 2.24) is 4.98 Å². The van der Waals surface area contributed by atoms with E-state index in [1.54, 1.807) is 6.20 Å². The van der Waals surface area contributed by atoms with Gasteiger partial charge in [-0.15, -0.1) is 0 Å². The van der Waals surface area contributed by atoms with Crippen LogP contribution in [0, 0.1) is 0 Å². The molecule has 24 heavy (non-hydrogen) atoms. The summed E-state index contributed by atoms with van der Waals surface area (Å²) in [6, 6.07) is 12.0. The molecule has 2 rings (SSSR count). The van der Waals surface area contributed by atoms with E-state index in [2.05, 4.69) is 34.3 Å². The molecule has 128 valence electrons. The van der Waals surface area contributed by atoms with E-state index in [1.165, 1.54) is 5.56 Å². The second kappa shape index (κ2) is 7.81. The average Bonchev–Trinajstić information content (AvgIpc) is 2.53. The molecule has 5 nitrogen and oxygen atoms in total. The van der Waals surface area contributed by atoms with Crippen molar-refractivity contribution in [3.05, 3.63) is 53.7 Å². The van der Waals surface area contributed by atoms with Gasteiger partial charge in [-0.05, 0) is 50.5 Å². The third-order valence-electron chi connectivity index (χ3n) is 3.27.